The monoisotopic (exact) mass is 425 g/mol. The summed E-state index contributed by atoms with van der Waals surface area (Å²) < 4.78 is 19.5. The molecule has 0 aliphatic heterocycles. The lowest BCUT2D eigenvalue weighted by atomic mass is 10.2. The standard InChI is InChI=1S/C21H13ClFN3O2S/c22-13-8-9-18-17(11-13)25-20(28-18)12-4-3-5-14(10-12)24-21(29)26-19(27)15-6-1-2-7-16(15)23/h1-11H,(H2,24,26,27,29). The summed E-state index contributed by atoms with van der Waals surface area (Å²) in [7, 11) is 0. The van der Waals surface area contributed by atoms with Crippen molar-refractivity contribution in [2.45, 2.75) is 0 Å². The van der Waals surface area contributed by atoms with E-state index in [9.17, 15) is 9.18 Å². The number of fused-ring (bicyclic) bond motifs is 1. The number of hydrogen-bond donors (Lipinski definition) is 2. The minimum atomic E-state index is -0.632. The van der Waals surface area contributed by atoms with Gasteiger partial charge >= 0.3 is 0 Å². The first kappa shape index (κ1) is 19.0. The van der Waals surface area contributed by atoms with Gasteiger partial charge in [0.05, 0.1) is 5.56 Å². The number of benzene rings is 3. The Bertz CT molecular complexity index is 1240. The van der Waals surface area contributed by atoms with E-state index in [2.05, 4.69) is 15.6 Å². The molecule has 0 radical (unpaired) electrons. The first-order chi connectivity index (χ1) is 14.0. The zero-order chi connectivity index (χ0) is 20.4. The third-order valence-corrected chi connectivity index (χ3v) is 4.50. The number of amides is 1. The topological polar surface area (TPSA) is 67.2 Å². The van der Waals surface area contributed by atoms with Crippen molar-refractivity contribution in [3.8, 4) is 11.5 Å². The Morgan fingerprint density at radius 3 is 2.72 bits per heavy atom. The highest BCUT2D eigenvalue weighted by Crippen LogP contribution is 2.27. The average Bonchev–Trinajstić information content (AvgIpc) is 3.11. The molecule has 1 aromatic heterocycles. The highest BCUT2D eigenvalue weighted by atomic mass is 35.5. The zero-order valence-electron chi connectivity index (χ0n) is 14.8. The summed E-state index contributed by atoms with van der Waals surface area (Å²) in [5, 5.41) is 5.98. The van der Waals surface area contributed by atoms with Crippen molar-refractivity contribution in [1.29, 1.82) is 0 Å². The Labute approximate surface area is 175 Å². The Morgan fingerprint density at radius 2 is 1.90 bits per heavy atom. The van der Waals surface area contributed by atoms with Crippen molar-refractivity contribution >= 4 is 51.6 Å². The van der Waals surface area contributed by atoms with Crippen LogP contribution in [0.3, 0.4) is 0 Å². The molecule has 0 aliphatic rings. The van der Waals surface area contributed by atoms with Crippen molar-refractivity contribution in [3.05, 3.63) is 83.1 Å². The van der Waals surface area contributed by atoms with Gasteiger partial charge in [0, 0.05) is 16.3 Å². The predicted molar refractivity (Wildman–Crippen MR) is 115 cm³/mol. The van der Waals surface area contributed by atoms with Crippen LogP contribution in [0.4, 0.5) is 10.1 Å². The lowest BCUT2D eigenvalue weighted by molar-refractivity contribution is 0.0974. The summed E-state index contributed by atoms with van der Waals surface area (Å²) in [6, 6.07) is 18.0. The van der Waals surface area contributed by atoms with Crippen molar-refractivity contribution in [2.75, 3.05) is 5.32 Å². The number of hydrogen-bond acceptors (Lipinski definition) is 4. The van der Waals surface area contributed by atoms with Gasteiger partial charge in [-0.25, -0.2) is 9.37 Å². The van der Waals surface area contributed by atoms with E-state index in [4.69, 9.17) is 28.2 Å². The Kier molecular flexibility index (Phi) is 5.24. The molecule has 3 aromatic carbocycles. The minimum Gasteiger partial charge on any atom is -0.436 e. The minimum absolute atomic E-state index is 0.0414. The fraction of sp³-hybridized carbons (Fsp3) is 0. The van der Waals surface area contributed by atoms with E-state index in [1.165, 1.54) is 18.2 Å². The lowest BCUT2D eigenvalue weighted by Crippen LogP contribution is -2.34. The van der Waals surface area contributed by atoms with E-state index >= 15 is 0 Å². The molecule has 1 amide bonds. The predicted octanol–water partition coefficient (Wildman–Crippen LogP) is 5.41. The smallest absolute Gasteiger partial charge is 0.260 e. The van der Waals surface area contributed by atoms with Gasteiger partial charge in [-0.3, -0.25) is 10.1 Å². The number of rotatable bonds is 3. The van der Waals surface area contributed by atoms with E-state index in [0.717, 1.165) is 0 Å². The third-order valence-electron chi connectivity index (χ3n) is 4.06. The number of anilines is 1. The molecule has 2 N–H and O–H groups in total. The summed E-state index contributed by atoms with van der Waals surface area (Å²) in [5.41, 5.74) is 2.51. The molecule has 0 aliphatic carbocycles. The molecular weight excluding hydrogens is 413 g/mol. The van der Waals surface area contributed by atoms with Crippen molar-refractivity contribution in [2.24, 2.45) is 0 Å². The maximum absolute atomic E-state index is 13.7. The summed E-state index contributed by atoms with van der Waals surface area (Å²) >= 11 is 11.2. The molecule has 0 saturated heterocycles. The number of nitrogens with one attached hydrogen (secondary N) is 2. The molecule has 0 bridgehead atoms. The molecule has 0 spiro atoms. The van der Waals surface area contributed by atoms with Gasteiger partial charge in [0.1, 0.15) is 11.3 Å². The number of carbonyl (C=O) groups excluding carboxylic acids is 1. The summed E-state index contributed by atoms with van der Waals surface area (Å²) in [6.45, 7) is 0. The number of aromatic nitrogens is 1. The lowest BCUT2D eigenvalue weighted by Gasteiger charge is -2.10. The van der Waals surface area contributed by atoms with Crippen LogP contribution >= 0.6 is 23.8 Å². The number of halogens is 2. The molecule has 0 fully saturated rings. The van der Waals surface area contributed by atoms with Crippen LogP contribution < -0.4 is 10.6 Å². The number of thiocarbonyl (C=S) groups is 1. The Hall–Kier alpha value is -3.29. The fourth-order valence-electron chi connectivity index (χ4n) is 2.73. The Balaban J connectivity index is 1.50. The zero-order valence-corrected chi connectivity index (χ0v) is 16.4. The van der Waals surface area contributed by atoms with E-state index in [-0.39, 0.29) is 10.7 Å². The molecule has 144 valence electrons. The van der Waals surface area contributed by atoms with Gasteiger partial charge in [0.25, 0.3) is 5.91 Å². The second-order valence-corrected chi connectivity index (χ2v) is 6.94. The fourth-order valence-corrected chi connectivity index (χ4v) is 3.11. The first-order valence-electron chi connectivity index (χ1n) is 8.53. The Morgan fingerprint density at radius 1 is 1.07 bits per heavy atom. The number of carbonyl (C=O) groups is 1. The van der Waals surface area contributed by atoms with Gasteiger partial charge < -0.3 is 9.73 Å². The van der Waals surface area contributed by atoms with Crippen molar-refractivity contribution in [1.82, 2.24) is 10.3 Å². The molecule has 29 heavy (non-hydrogen) atoms. The van der Waals surface area contributed by atoms with Crippen LogP contribution in [0.25, 0.3) is 22.6 Å². The highest BCUT2D eigenvalue weighted by molar-refractivity contribution is 7.80. The second-order valence-electron chi connectivity index (χ2n) is 6.10. The quantitative estimate of drug-likeness (QED) is 0.429. The summed E-state index contributed by atoms with van der Waals surface area (Å²) in [4.78, 5) is 16.6. The van der Waals surface area contributed by atoms with Gasteiger partial charge in [-0.15, -0.1) is 0 Å². The van der Waals surface area contributed by atoms with Crippen LogP contribution in [0.1, 0.15) is 10.4 Å². The first-order valence-corrected chi connectivity index (χ1v) is 9.31. The van der Waals surface area contributed by atoms with E-state index in [0.29, 0.717) is 33.3 Å². The van der Waals surface area contributed by atoms with Crippen LogP contribution in [0.2, 0.25) is 5.02 Å². The van der Waals surface area contributed by atoms with Gasteiger partial charge in [-0.05, 0) is 60.7 Å². The second kappa shape index (κ2) is 7.98. The van der Waals surface area contributed by atoms with Crippen molar-refractivity contribution < 1.29 is 13.6 Å². The molecule has 8 heteroatoms. The van der Waals surface area contributed by atoms with Gasteiger partial charge in [-0.1, -0.05) is 29.8 Å². The molecule has 5 nitrogen and oxygen atoms in total. The molecule has 0 unspecified atom stereocenters. The number of nitrogens with zero attached hydrogens (tertiary/aromatic N) is 1. The summed E-state index contributed by atoms with van der Waals surface area (Å²) in [5.74, 6) is -0.828. The molecular formula is C21H13ClFN3O2S. The highest BCUT2D eigenvalue weighted by Gasteiger charge is 2.13. The van der Waals surface area contributed by atoms with E-state index < -0.39 is 11.7 Å². The van der Waals surface area contributed by atoms with Crippen LogP contribution in [-0.2, 0) is 0 Å². The van der Waals surface area contributed by atoms with Crippen LogP contribution in [0.15, 0.2) is 71.1 Å². The van der Waals surface area contributed by atoms with E-state index in [1.807, 2.05) is 6.07 Å². The third kappa shape index (κ3) is 4.26. The van der Waals surface area contributed by atoms with Gasteiger partial charge in [0.15, 0.2) is 10.7 Å². The SMILES string of the molecule is O=C(NC(=S)Nc1cccc(-c2nc3cc(Cl)ccc3o2)c1)c1ccccc1F. The summed E-state index contributed by atoms with van der Waals surface area (Å²) in [6.07, 6.45) is 0. The molecule has 4 aromatic rings. The maximum Gasteiger partial charge on any atom is 0.260 e. The molecule has 0 saturated carbocycles. The van der Waals surface area contributed by atoms with Crippen LogP contribution in [-0.4, -0.2) is 16.0 Å². The van der Waals surface area contributed by atoms with Crippen LogP contribution in [0.5, 0.6) is 0 Å². The molecule has 4 rings (SSSR count). The maximum atomic E-state index is 13.7. The number of oxazole rings is 1. The van der Waals surface area contributed by atoms with Gasteiger partial charge in [0.2, 0.25) is 5.89 Å². The van der Waals surface area contributed by atoms with Crippen molar-refractivity contribution in [3.63, 3.8) is 0 Å². The van der Waals surface area contributed by atoms with Crippen LogP contribution in [0, 0.1) is 5.82 Å². The van der Waals surface area contributed by atoms with Gasteiger partial charge in [-0.2, -0.15) is 0 Å². The normalized spacial score (nSPS) is 10.7. The molecule has 1 heterocycles. The largest absolute Gasteiger partial charge is 0.436 e. The molecule has 0 atom stereocenters. The average molecular weight is 426 g/mol. The van der Waals surface area contributed by atoms with E-state index in [1.54, 1.807) is 42.5 Å².